The van der Waals surface area contributed by atoms with E-state index in [1.54, 1.807) is 0 Å². The van der Waals surface area contributed by atoms with Gasteiger partial charge in [-0.1, -0.05) is 13.3 Å². The van der Waals surface area contributed by atoms with Crippen molar-refractivity contribution in [3.05, 3.63) is 0 Å². The smallest absolute Gasteiger partial charge is 0.194 e. The largest absolute Gasteiger partial charge is 0.349 e. The zero-order valence-electron chi connectivity index (χ0n) is 6.51. The van der Waals surface area contributed by atoms with E-state index in [-0.39, 0.29) is 0 Å². The van der Waals surface area contributed by atoms with Crippen molar-refractivity contribution < 1.29 is 9.84 Å². The van der Waals surface area contributed by atoms with Crippen LogP contribution in [0.5, 0.6) is 0 Å². The second-order valence-corrected chi connectivity index (χ2v) is 2.93. The molecule has 2 nitrogen and oxygen atoms in total. The summed E-state index contributed by atoms with van der Waals surface area (Å²) >= 11 is 0. The molecule has 10 heavy (non-hydrogen) atoms. The third kappa shape index (κ3) is 2.67. The Labute approximate surface area is 62.2 Å². The molecule has 1 radical (unpaired) electrons. The monoisotopic (exact) mass is 143 g/mol. The molecule has 0 N–H and O–H groups in total. The Kier molecular flexibility index (Phi) is 3.16. The number of rotatable bonds is 5. The summed E-state index contributed by atoms with van der Waals surface area (Å²) in [7, 11) is 0. The van der Waals surface area contributed by atoms with Crippen LogP contribution in [0.1, 0.15) is 32.6 Å². The standard InChI is InChI=1S/C8H15O2/c1-2-3-6-10-8(9)7-4-5-7/h7-8H,2-6H2,1H3. The fourth-order valence-electron chi connectivity index (χ4n) is 0.848. The molecule has 0 amide bonds. The third-order valence-corrected chi connectivity index (χ3v) is 1.79. The first-order valence-corrected chi connectivity index (χ1v) is 4.12. The van der Waals surface area contributed by atoms with Crippen molar-refractivity contribution in [2.45, 2.75) is 38.9 Å². The SMILES string of the molecule is CCCCOC([O])C1CC1. The van der Waals surface area contributed by atoms with Crippen LogP contribution in [0, 0.1) is 5.92 Å². The molecule has 0 aromatic heterocycles. The van der Waals surface area contributed by atoms with Crippen LogP contribution in [0.2, 0.25) is 0 Å². The lowest BCUT2D eigenvalue weighted by atomic mass is 10.3. The molecule has 59 valence electrons. The minimum atomic E-state index is -0.716. The van der Waals surface area contributed by atoms with Crippen molar-refractivity contribution in [2.75, 3.05) is 6.61 Å². The quantitative estimate of drug-likeness (QED) is 0.427. The highest BCUT2D eigenvalue weighted by Gasteiger charge is 2.31. The average molecular weight is 143 g/mol. The van der Waals surface area contributed by atoms with Gasteiger partial charge in [0.15, 0.2) is 6.29 Å². The maximum Gasteiger partial charge on any atom is 0.194 e. The number of hydrogen-bond acceptors (Lipinski definition) is 1. The molecule has 0 aliphatic heterocycles. The van der Waals surface area contributed by atoms with Gasteiger partial charge in [0.05, 0.1) is 0 Å². The van der Waals surface area contributed by atoms with Crippen molar-refractivity contribution in [1.29, 1.82) is 0 Å². The van der Waals surface area contributed by atoms with Crippen molar-refractivity contribution in [3.8, 4) is 0 Å². The maximum absolute atomic E-state index is 10.9. The summed E-state index contributed by atoms with van der Waals surface area (Å²) in [4.78, 5) is 0. The van der Waals surface area contributed by atoms with Crippen molar-refractivity contribution in [2.24, 2.45) is 5.92 Å². The third-order valence-electron chi connectivity index (χ3n) is 1.79. The van der Waals surface area contributed by atoms with Crippen molar-refractivity contribution >= 4 is 0 Å². The molecule has 0 spiro atoms. The first-order chi connectivity index (χ1) is 4.84. The van der Waals surface area contributed by atoms with E-state index >= 15 is 0 Å². The fraction of sp³-hybridized carbons (Fsp3) is 1.00. The highest BCUT2D eigenvalue weighted by molar-refractivity contribution is 4.75. The Morgan fingerprint density at radius 3 is 2.80 bits per heavy atom. The van der Waals surface area contributed by atoms with Gasteiger partial charge in [0.1, 0.15) is 0 Å². The molecule has 0 bridgehead atoms. The first-order valence-electron chi connectivity index (χ1n) is 4.12. The van der Waals surface area contributed by atoms with Crippen LogP contribution in [0.15, 0.2) is 0 Å². The Morgan fingerprint density at radius 2 is 2.30 bits per heavy atom. The van der Waals surface area contributed by atoms with Gasteiger partial charge >= 0.3 is 0 Å². The summed E-state index contributed by atoms with van der Waals surface area (Å²) in [5.74, 6) is 0.344. The molecule has 0 aromatic rings. The fourth-order valence-corrected chi connectivity index (χ4v) is 0.848. The van der Waals surface area contributed by atoms with E-state index in [1.165, 1.54) is 0 Å². The molecule has 1 fully saturated rings. The van der Waals surface area contributed by atoms with E-state index < -0.39 is 6.29 Å². The molecule has 1 aliphatic carbocycles. The summed E-state index contributed by atoms with van der Waals surface area (Å²) in [5.41, 5.74) is 0. The van der Waals surface area contributed by atoms with Crippen LogP contribution in [0.25, 0.3) is 0 Å². The summed E-state index contributed by atoms with van der Waals surface area (Å²) < 4.78 is 5.05. The van der Waals surface area contributed by atoms with Crippen LogP contribution in [-0.2, 0) is 9.84 Å². The highest BCUT2D eigenvalue weighted by Crippen LogP contribution is 2.33. The van der Waals surface area contributed by atoms with E-state index in [1.807, 2.05) is 0 Å². The van der Waals surface area contributed by atoms with E-state index in [9.17, 15) is 5.11 Å². The lowest BCUT2D eigenvalue weighted by Crippen LogP contribution is -2.12. The number of unbranched alkanes of at least 4 members (excludes halogenated alkanes) is 1. The number of hydrogen-bond donors (Lipinski definition) is 0. The molecule has 1 rings (SSSR count). The summed E-state index contributed by atoms with van der Waals surface area (Å²) in [6.45, 7) is 2.75. The van der Waals surface area contributed by atoms with Gasteiger partial charge in [0.2, 0.25) is 0 Å². The average Bonchev–Trinajstić information content (AvgIpc) is 2.69. The highest BCUT2D eigenvalue weighted by atomic mass is 16.6. The molecule has 1 unspecified atom stereocenters. The van der Waals surface area contributed by atoms with Crippen LogP contribution in [-0.4, -0.2) is 12.9 Å². The molecule has 0 saturated heterocycles. The Balaban J connectivity index is 1.90. The Bertz CT molecular complexity index is 89.3. The van der Waals surface area contributed by atoms with Gasteiger partial charge in [-0.25, -0.2) is 5.11 Å². The first kappa shape index (κ1) is 8.02. The van der Waals surface area contributed by atoms with Gasteiger partial charge in [-0.3, -0.25) is 0 Å². The Morgan fingerprint density at radius 1 is 1.60 bits per heavy atom. The van der Waals surface area contributed by atoms with Gasteiger partial charge in [-0.05, 0) is 19.3 Å². The van der Waals surface area contributed by atoms with Crippen molar-refractivity contribution in [1.82, 2.24) is 0 Å². The minimum absolute atomic E-state index is 0.344. The molecule has 1 atom stereocenters. The second kappa shape index (κ2) is 3.94. The molecule has 0 heterocycles. The molecular formula is C8H15O2. The molecule has 1 saturated carbocycles. The van der Waals surface area contributed by atoms with Gasteiger partial charge in [0, 0.05) is 12.5 Å². The van der Waals surface area contributed by atoms with E-state index in [0.717, 1.165) is 25.7 Å². The molecule has 1 aliphatic rings. The molecular weight excluding hydrogens is 128 g/mol. The Hall–Kier alpha value is -0.0800. The van der Waals surface area contributed by atoms with E-state index in [4.69, 9.17) is 4.74 Å². The minimum Gasteiger partial charge on any atom is -0.349 e. The van der Waals surface area contributed by atoms with E-state index in [0.29, 0.717) is 12.5 Å². The topological polar surface area (TPSA) is 29.1 Å². The van der Waals surface area contributed by atoms with Crippen LogP contribution >= 0.6 is 0 Å². The van der Waals surface area contributed by atoms with Crippen LogP contribution < -0.4 is 0 Å². The normalized spacial score (nSPS) is 21.0. The zero-order valence-corrected chi connectivity index (χ0v) is 6.51. The second-order valence-electron chi connectivity index (χ2n) is 2.93. The van der Waals surface area contributed by atoms with Gasteiger partial charge < -0.3 is 4.74 Å². The van der Waals surface area contributed by atoms with E-state index in [2.05, 4.69) is 6.92 Å². The maximum atomic E-state index is 10.9. The lowest BCUT2D eigenvalue weighted by Gasteiger charge is -2.06. The summed E-state index contributed by atoms with van der Waals surface area (Å²) in [6.07, 6.45) is 3.58. The van der Waals surface area contributed by atoms with Crippen LogP contribution in [0.3, 0.4) is 0 Å². The lowest BCUT2D eigenvalue weighted by molar-refractivity contribution is -0.152. The predicted octanol–water partition coefficient (Wildman–Crippen LogP) is 1.97. The van der Waals surface area contributed by atoms with Crippen molar-refractivity contribution in [3.63, 3.8) is 0 Å². The predicted molar refractivity (Wildman–Crippen MR) is 38.1 cm³/mol. The molecule has 2 heteroatoms. The molecule has 0 aromatic carbocycles. The van der Waals surface area contributed by atoms with Gasteiger partial charge in [-0.15, -0.1) is 0 Å². The van der Waals surface area contributed by atoms with Gasteiger partial charge in [-0.2, -0.15) is 0 Å². The summed E-state index contributed by atoms with van der Waals surface area (Å²) in [5, 5.41) is 10.9. The van der Waals surface area contributed by atoms with Gasteiger partial charge in [0.25, 0.3) is 0 Å². The summed E-state index contributed by atoms with van der Waals surface area (Å²) in [6, 6.07) is 0. The number of ether oxygens (including phenoxy) is 1. The zero-order chi connectivity index (χ0) is 7.40. The van der Waals surface area contributed by atoms with Crippen LogP contribution in [0.4, 0.5) is 0 Å².